The number of nitrogens with one attached hydrogen (secondary N) is 2. The lowest BCUT2D eigenvalue weighted by molar-refractivity contribution is 0.0898. The van der Waals surface area contributed by atoms with E-state index < -0.39 is 0 Å². The van der Waals surface area contributed by atoms with Crippen LogP contribution in [-0.2, 0) is 24.2 Å². The molecule has 2 aliphatic rings. The number of ether oxygens (including phenoxy) is 1. The average Bonchev–Trinajstić information content (AvgIpc) is 2.99. The molecular formula is C17H30ClN5O2. The van der Waals surface area contributed by atoms with Gasteiger partial charge in [0, 0.05) is 50.5 Å². The van der Waals surface area contributed by atoms with Crippen LogP contribution < -0.4 is 10.6 Å². The first kappa shape index (κ1) is 20.2. The summed E-state index contributed by atoms with van der Waals surface area (Å²) in [5.41, 5.74) is 2.81. The van der Waals surface area contributed by atoms with Crippen molar-refractivity contribution in [3.63, 3.8) is 0 Å². The molecule has 0 radical (unpaired) electrons. The zero-order chi connectivity index (χ0) is 16.9. The van der Waals surface area contributed by atoms with Crippen LogP contribution in [0, 0.1) is 0 Å². The number of likely N-dealkylation sites (N-methyl/N-ethyl adjacent to an activating group) is 1. The van der Waals surface area contributed by atoms with E-state index in [-0.39, 0.29) is 24.4 Å². The smallest absolute Gasteiger partial charge is 0.272 e. The molecule has 1 aromatic rings. The predicted molar refractivity (Wildman–Crippen MR) is 99.4 cm³/mol. The highest BCUT2D eigenvalue weighted by Crippen LogP contribution is 2.19. The maximum atomic E-state index is 12.8. The second-order valence-electron chi connectivity index (χ2n) is 6.62. The summed E-state index contributed by atoms with van der Waals surface area (Å²) in [6.45, 7) is 8.23. The highest BCUT2D eigenvalue weighted by atomic mass is 35.5. The molecule has 142 valence electrons. The van der Waals surface area contributed by atoms with Crippen molar-refractivity contribution >= 4 is 18.3 Å². The molecule has 0 spiro atoms. The molecule has 1 amide bonds. The quantitative estimate of drug-likeness (QED) is 0.774. The third-order valence-electron chi connectivity index (χ3n) is 5.02. The maximum absolute atomic E-state index is 12.8. The van der Waals surface area contributed by atoms with Gasteiger partial charge in [-0.05, 0) is 25.9 Å². The fourth-order valence-electron chi connectivity index (χ4n) is 3.68. The Balaban J connectivity index is 0.00000225. The number of fused-ring (bicyclic) bond motifs is 1. The van der Waals surface area contributed by atoms with Crippen LogP contribution >= 0.6 is 12.4 Å². The van der Waals surface area contributed by atoms with E-state index in [1.165, 1.54) is 5.69 Å². The Morgan fingerprint density at radius 1 is 1.48 bits per heavy atom. The average molecular weight is 372 g/mol. The van der Waals surface area contributed by atoms with E-state index in [0.717, 1.165) is 57.5 Å². The number of methoxy groups -OCH3 is 1. The topological polar surface area (TPSA) is 71.4 Å². The van der Waals surface area contributed by atoms with Crippen LogP contribution in [0.5, 0.6) is 0 Å². The van der Waals surface area contributed by atoms with E-state index >= 15 is 0 Å². The molecular weight excluding hydrogens is 342 g/mol. The van der Waals surface area contributed by atoms with Gasteiger partial charge in [0.2, 0.25) is 0 Å². The molecule has 25 heavy (non-hydrogen) atoms. The van der Waals surface area contributed by atoms with Crippen LogP contribution in [0.4, 0.5) is 0 Å². The van der Waals surface area contributed by atoms with E-state index in [9.17, 15) is 4.79 Å². The lowest BCUT2D eigenvalue weighted by atomic mass is 10.0. The largest absolute Gasteiger partial charge is 0.383 e. The standard InChI is InChI=1S/C17H29N5O2.ClH/c1-3-21-8-4-5-13(12-21)19-17(23)16-14-11-18-7-6-15(14)22(20-16)9-10-24-2;/h13,18H,3-12H2,1-2H3,(H,19,23);1H. The number of amides is 1. The molecule has 1 fully saturated rings. The van der Waals surface area contributed by atoms with Gasteiger partial charge in [-0.15, -0.1) is 12.4 Å². The molecule has 1 unspecified atom stereocenters. The molecule has 8 heteroatoms. The van der Waals surface area contributed by atoms with E-state index in [2.05, 4.69) is 27.6 Å². The number of piperidine rings is 1. The van der Waals surface area contributed by atoms with Crippen LogP contribution in [0.1, 0.15) is 41.5 Å². The molecule has 7 nitrogen and oxygen atoms in total. The summed E-state index contributed by atoms with van der Waals surface area (Å²) in [6.07, 6.45) is 3.10. The van der Waals surface area contributed by atoms with Gasteiger partial charge >= 0.3 is 0 Å². The minimum atomic E-state index is -0.0333. The minimum absolute atomic E-state index is 0. The Hall–Kier alpha value is -1.15. The fraction of sp³-hybridized carbons (Fsp3) is 0.765. The van der Waals surface area contributed by atoms with Gasteiger partial charge < -0.3 is 20.3 Å². The van der Waals surface area contributed by atoms with Gasteiger partial charge in [0.1, 0.15) is 0 Å². The molecule has 3 heterocycles. The first-order valence-corrected chi connectivity index (χ1v) is 9.04. The summed E-state index contributed by atoms with van der Waals surface area (Å²) >= 11 is 0. The first-order chi connectivity index (χ1) is 11.7. The number of likely N-dealkylation sites (tertiary alicyclic amines) is 1. The zero-order valence-corrected chi connectivity index (χ0v) is 16.0. The van der Waals surface area contributed by atoms with Gasteiger partial charge in [-0.1, -0.05) is 6.92 Å². The highest BCUT2D eigenvalue weighted by Gasteiger charge is 2.27. The van der Waals surface area contributed by atoms with Crippen molar-refractivity contribution in [2.75, 3.05) is 39.9 Å². The lowest BCUT2D eigenvalue weighted by Crippen LogP contribution is -2.47. The minimum Gasteiger partial charge on any atom is -0.383 e. The summed E-state index contributed by atoms with van der Waals surface area (Å²) in [6, 6.07) is 0.225. The number of hydrogen-bond donors (Lipinski definition) is 2. The first-order valence-electron chi connectivity index (χ1n) is 9.04. The van der Waals surface area contributed by atoms with Crippen LogP contribution in [0.3, 0.4) is 0 Å². The van der Waals surface area contributed by atoms with Crippen molar-refractivity contribution in [3.8, 4) is 0 Å². The highest BCUT2D eigenvalue weighted by molar-refractivity contribution is 5.94. The zero-order valence-electron chi connectivity index (χ0n) is 15.2. The van der Waals surface area contributed by atoms with Crippen molar-refractivity contribution in [2.45, 2.75) is 45.3 Å². The van der Waals surface area contributed by atoms with Crippen molar-refractivity contribution < 1.29 is 9.53 Å². The number of carbonyl (C=O) groups is 1. The van der Waals surface area contributed by atoms with Crippen molar-refractivity contribution in [1.29, 1.82) is 0 Å². The number of rotatable bonds is 6. The van der Waals surface area contributed by atoms with E-state index in [1.807, 2.05) is 4.68 Å². The van der Waals surface area contributed by atoms with Crippen molar-refractivity contribution in [3.05, 3.63) is 17.0 Å². The SMILES string of the molecule is CCN1CCCC(NC(=O)c2nn(CCOC)c3c2CNCC3)C1.Cl. The van der Waals surface area contributed by atoms with Gasteiger partial charge in [0.25, 0.3) is 5.91 Å². The van der Waals surface area contributed by atoms with Gasteiger partial charge in [0.05, 0.1) is 13.2 Å². The Kier molecular flexibility index (Phi) is 7.68. The molecule has 1 atom stereocenters. The van der Waals surface area contributed by atoms with Gasteiger partial charge in [-0.25, -0.2) is 0 Å². The normalized spacial score (nSPS) is 20.6. The Morgan fingerprint density at radius 2 is 2.32 bits per heavy atom. The molecule has 1 saturated heterocycles. The van der Waals surface area contributed by atoms with Crippen LogP contribution in [-0.4, -0.2) is 66.5 Å². The molecule has 2 aliphatic heterocycles. The summed E-state index contributed by atoms with van der Waals surface area (Å²) < 4.78 is 7.12. The maximum Gasteiger partial charge on any atom is 0.272 e. The van der Waals surface area contributed by atoms with Crippen LogP contribution in [0.2, 0.25) is 0 Å². The number of nitrogens with zero attached hydrogens (tertiary/aromatic N) is 3. The lowest BCUT2D eigenvalue weighted by Gasteiger charge is -2.32. The third-order valence-corrected chi connectivity index (χ3v) is 5.02. The Morgan fingerprint density at radius 3 is 3.08 bits per heavy atom. The van der Waals surface area contributed by atoms with Crippen molar-refractivity contribution in [1.82, 2.24) is 25.3 Å². The van der Waals surface area contributed by atoms with Gasteiger partial charge in [-0.3, -0.25) is 9.48 Å². The fourth-order valence-corrected chi connectivity index (χ4v) is 3.68. The second kappa shape index (κ2) is 9.52. The summed E-state index contributed by atoms with van der Waals surface area (Å²) in [4.78, 5) is 15.2. The number of hydrogen-bond acceptors (Lipinski definition) is 5. The Bertz CT molecular complexity index is 578. The molecule has 0 aromatic carbocycles. The third kappa shape index (κ3) is 4.73. The van der Waals surface area contributed by atoms with E-state index in [4.69, 9.17) is 4.74 Å². The Labute approximate surface area is 155 Å². The van der Waals surface area contributed by atoms with Gasteiger partial charge in [0.15, 0.2) is 5.69 Å². The van der Waals surface area contributed by atoms with E-state index in [0.29, 0.717) is 18.8 Å². The number of halogens is 1. The molecule has 0 aliphatic carbocycles. The van der Waals surface area contributed by atoms with Gasteiger partial charge in [-0.2, -0.15) is 5.10 Å². The predicted octanol–water partition coefficient (Wildman–Crippen LogP) is 0.811. The van der Waals surface area contributed by atoms with Crippen LogP contribution in [0.25, 0.3) is 0 Å². The molecule has 0 bridgehead atoms. The van der Waals surface area contributed by atoms with E-state index in [1.54, 1.807) is 7.11 Å². The summed E-state index contributed by atoms with van der Waals surface area (Å²) in [5.74, 6) is -0.0333. The number of carbonyl (C=O) groups excluding carboxylic acids is 1. The van der Waals surface area contributed by atoms with Crippen molar-refractivity contribution in [2.24, 2.45) is 0 Å². The molecule has 1 aromatic heterocycles. The number of aromatic nitrogens is 2. The molecule has 3 rings (SSSR count). The monoisotopic (exact) mass is 371 g/mol. The summed E-state index contributed by atoms with van der Waals surface area (Å²) in [7, 11) is 1.69. The van der Waals surface area contributed by atoms with Crippen LogP contribution in [0.15, 0.2) is 0 Å². The molecule has 0 saturated carbocycles. The second-order valence-corrected chi connectivity index (χ2v) is 6.62. The molecule has 2 N–H and O–H groups in total. The summed E-state index contributed by atoms with van der Waals surface area (Å²) in [5, 5.41) is 11.2.